The number of Topliss-reactive ketones (excluding diaryl/α,β-unsaturated/α-hetero) is 1. The molecule has 1 saturated carbocycles. The Morgan fingerprint density at radius 2 is 1.88 bits per heavy atom. The van der Waals surface area contributed by atoms with Crippen molar-refractivity contribution in [2.45, 2.75) is 38.6 Å². The van der Waals surface area contributed by atoms with Gasteiger partial charge in [0.2, 0.25) is 5.95 Å². The van der Waals surface area contributed by atoms with Crippen LogP contribution in [-0.2, 0) is 4.74 Å². The number of morpholine rings is 1. The number of fused-ring (bicyclic) bond motifs is 2. The molecule has 2 fully saturated rings. The largest absolute Gasteiger partial charge is 0.508 e. The standard InChI is InChI=1S/C32H31N5O5/c1-19(38)27-14-21-18-33-32(35-31(21)37(27)23-7-2-3-8-23)34-22-6-4-5-20(13-22)25-15-24(39)16-26-28(40)17-29(42-30(25)26)36-9-11-41-12-10-36/h4-6,13-18,23,39H,2-3,7-12H2,1H3,(H,33,34,35). The van der Waals surface area contributed by atoms with Crippen LogP contribution in [0, 0.1) is 0 Å². The Kier molecular flexibility index (Phi) is 6.62. The molecule has 0 atom stereocenters. The number of ketones is 1. The van der Waals surface area contributed by atoms with Gasteiger partial charge in [-0.05, 0) is 48.7 Å². The van der Waals surface area contributed by atoms with Gasteiger partial charge >= 0.3 is 0 Å². The molecule has 7 rings (SSSR count). The minimum Gasteiger partial charge on any atom is -0.508 e. The van der Waals surface area contributed by atoms with Gasteiger partial charge in [-0.1, -0.05) is 25.0 Å². The summed E-state index contributed by atoms with van der Waals surface area (Å²) < 4.78 is 13.8. The first-order chi connectivity index (χ1) is 20.4. The number of carbonyl (C=O) groups is 1. The van der Waals surface area contributed by atoms with Crippen molar-refractivity contribution in [3.05, 3.63) is 70.6 Å². The molecule has 4 heterocycles. The summed E-state index contributed by atoms with van der Waals surface area (Å²) in [5.41, 5.74) is 3.66. The third-order valence-electron chi connectivity index (χ3n) is 8.18. The third-order valence-corrected chi connectivity index (χ3v) is 8.18. The quantitative estimate of drug-likeness (QED) is 0.246. The summed E-state index contributed by atoms with van der Waals surface area (Å²) in [5, 5.41) is 15.0. The molecule has 2 aliphatic rings. The van der Waals surface area contributed by atoms with E-state index in [2.05, 4.69) is 14.9 Å². The molecule has 10 heteroatoms. The Hall–Kier alpha value is -4.70. The second-order valence-corrected chi connectivity index (χ2v) is 11.0. The van der Waals surface area contributed by atoms with E-state index in [-0.39, 0.29) is 23.0 Å². The van der Waals surface area contributed by atoms with Crippen molar-refractivity contribution in [2.75, 3.05) is 36.5 Å². The number of phenolic OH excluding ortho intramolecular Hbond substituents is 1. The van der Waals surface area contributed by atoms with Crippen molar-refractivity contribution < 1.29 is 19.1 Å². The highest BCUT2D eigenvalue weighted by molar-refractivity contribution is 5.98. The maximum atomic E-state index is 13.1. The second kappa shape index (κ2) is 10.6. The number of hydrogen-bond donors (Lipinski definition) is 2. The minimum atomic E-state index is -0.221. The lowest BCUT2D eigenvalue weighted by Crippen LogP contribution is -2.36. The van der Waals surface area contributed by atoms with E-state index >= 15 is 0 Å². The molecule has 10 nitrogen and oxygen atoms in total. The average molecular weight is 566 g/mol. The van der Waals surface area contributed by atoms with Gasteiger partial charge in [-0.15, -0.1) is 0 Å². The summed E-state index contributed by atoms with van der Waals surface area (Å²) in [6.07, 6.45) is 6.09. The molecule has 0 unspecified atom stereocenters. The Morgan fingerprint density at radius 1 is 1.07 bits per heavy atom. The summed E-state index contributed by atoms with van der Waals surface area (Å²) >= 11 is 0. The third kappa shape index (κ3) is 4.77. The van der Waals surface area contributed by atoms with Crippen molar-refractivity contribution in [2.24, 2.45) is 0 Å². The van der Waals surface area contributed by atoms with Crippen molar-refractivity contribution in [1.82, 2.24) is 14.5 Å². The molecule has 0 spiro atoms. The van der Waals surface area contributed by atoms with Gasteiger partial charge in [0.1, 0.15) is 17.0 Å². The number of anilines is 3. The summed E-state index contributed by atoms with van der Waals surface area (Å²) in [4.78, 5) is 36.9. The number of aromatic hydroxyl groups is 1. The summed E-state index contributed by atoms with van der Waals surface area (Å²) in [5.74, 6) is 0.886. The van der Waals surface area contributed by atoms with Crippen molar-refractivity contribution in [3.8, 4) is 16.9 Å². The number of phenols is 1. The summed E-state index contributed by atoms with van der Waals surface area (Å²) in [6.45, 7) is 3.97. The topological polar surface area (TPSA) is 123 Å². The Morgan fingerprint density at radius 3 is 2.67 bits per heavy atom. The molecular weight excluding hydrogens is 534 g/mol. The zero-order valence-electron chi connectivity index (χ0n) is 23.3. The second-order valence-electron chi connectivity index (χ2n) is 11.0. The first kappa shape index (κ1) is 26.2. The number of benzene rings is 2. The fraction of sp³-hybridized carbons (Fsp3) is 0.312. The van der Waals surface area contributed by atoms with E-state index in [1.165, 1.54) is 12.1 Å². The van der Waals surface area contributed by atoms with Gasteiger partial charge < -0.3 is 29.0 Å². The predicted molar refractivity (Wildman–Crippen MR) is 161 cm³/mol. The van der Waals surface area contributed by atoms with Crippen LogP contribution in [0.2, 0.25) is 0 Å². The minimum absolute atomic E-state index is 0.0175. The summed E-state index contributed by atoms with van der Waals surface area (Å²) in [6, 6.07) is 14.2. The van der Waals surface area contributed by atoms with Crippen molar-refractivity contribution >= 4 is 45.3 Å². The Balaban J connectivity index is 1.27. The van der Waals surface area contributed by atoms with Gasteiger partial charge in [0.15, 0.2) is 17.1 Å². The lowest BCUT2D eigenvalue weighted by molar-refractivity contribution is 0.100. The van der Waals surface area contributed by atoms with Crippen LogP contribution in [0.25, 0.3) is 33.1 Å². The molecule has 0 radical (unpaired) electrons. The highest BCUT2D eigenvalue weighted by atomic mass is 16.5. The van der Waals surface area contributed by atoms with E-state index in [9.17, 15) is 14.7 Å². The predicted octanol–water partition coefficient (Wildman–Crippen LogP) is 5.81. The van der Waals surface area contributed by atoms with Crippen LogP contribution in [0.4, 0.5) is 17.5 Å². The fourth-order valence-electron chi connectivity index (χ4n) is 6.15. The number of nitrogens with one attached hydrogen (secondary N) is 1. The number of ether oxygens (including phenoxy) is 1. The number of rotatable bonds is 6. The summed E-state index contributed by atoms with van der Waals surface area (Å²) in [7, 11) is 0. The van der Waals surface area contributed by atoms with Crippen LogP contribution in [0.1, 0.15) is 49.1 Å². The highest BCUT2D eigenvalue weighted by Gasteiger charge is 2.24. The zero-order valence-corrected chi connectivity index (χ0v) is 23.3. The zero-order chi connectivity index (χ0) is 28.8. The Labute approximate surface area is 241 Å². The molecule has 0 bridgehead atoms. The molecule has 214 valence electrons. The lowest BCUT2D eigenvalue weighted by atomic mass is 10.0. The van der Waals surface area contributed by atoms with Gasteiger partial charge in [-0.3, -0.25) is 9.59 Å². The number of hydrogen-bond acceptors (Lipinski definition) is 9. The molecule has 5 aromatic rings. The van der Waals surface area contributed by atoms with Gasteiger partial charge in [-0.2, -0.15) is 4.98 Å². The molecule has 3 aromatic heterocycles. The van der Waals surface area contributed by atoms with Crippen LogP contribution in [0.3, 0.4) is 0 Å². The van der Waals surface area contributed by atoms with Crippen LogP contribution in [0.5, 0.6) is 5.75 Å². The number of nitrogens with zero attached hydrogens (tertiary/aromatic N) is 4. The molecule has 42 heavy (non-hydrogen) atoms. The molecule has 1 saturated heterocycles. The van der Waals surface area contributed by atoms with Gasteiger partial charge in [-0.25, -0.2) is 4.98 Å². The van der Waals surface area contributed by atoms with E-state index in [1.54, 1.807) is 19.2 Å². The van der Waals surface area contributed by atoms with Crippen LogP contribution in [0.15, 0.2) is 63.9 Å². The van der Waals surface area contributed by atoms with Gasteiger partial charge in [0.25, 0.3) is 0 Å². The van der Waals surface area contributed by atoms with Gasteiger partial charge in [0, 0.05) is 55.0 Å². The number of carbonyl (C=O) groups excluding carboxylic acids is 1. The van der Waals surface area contributed by atoms with Crippen molar-refractivity contribution in [3.63, 3.8) is 0 Å². The lowest BCUT2D eigenvalue weighted by Gasteiger charge is -2.27. The molecule has 1 aliphatic heterocycles. The van der Waals surface area contributed by atoms with Gasteiger partial charge in [0.05, 0.1) is 24.3 Å². The first-order valence-electron chi connectivity index (χ1n) is 14.3. The molecule has 0 amide bonds. The highest BCUT2D eigenvalue weighted by Crippen LogP contribution is 2.36. The SMILES string of the molecule is CC(=O)c1cc2cnc(Nc3cccc(-c4cc(O)cc5c(=O)cc(N6CCOCC6)oc45)c3)nc2n1C1CCCC1. The van der Waals surface area contributed by atoms with E-state index in [0.717, 1.165) is 48.0 Å². The van der Waals surface area contributed by atoms with Crippen LogP contribution < -0.4 is 15.6 Å². The maximum absolute atomic E-state index is 13.1. The Bertz CT molecular complexity index is 1880. The molecular formula is C32H31N5O5. The molecule has 2 N–H and O–H groups in total. The van der Waals surface area contributed by atoms with E-state index in [1.807, 2.05) is 35.2 Å². The monoisotopic (exact) mass is 565 g/mol. The van der Waals surface area contributed by atoms with Crippen LogP contribution in [-0.4, -0.2) is 51.7 Å². The smallest absolute Gasteiger partial charge is 0.229 e. The molecule has 2 aromatic carbocycles. The van der Waals surface area contributed by atoms with Crippen molar-refractivity contribution in [1.29, 1.82) is 0 Å². The normalized spacial score (nSPS) is 16.0. The maximum Gasteiger partial charge on any atom is 0.229 e. The number of aromatic nitrogens is 3. The average Bonchev–Trinajstić information content (AvgIpc) is 3.66. The van der Waals surface area contributed by atoms with E-state index in [0.29, 0.717) is 60.4 Å². The fourth-order valence-corrected chi connectivity index (χ4v) is 6.15. The first-order valence-corrected chi connectivity index (χ1v) is 14.3. The molecule has 1 aliphatic carbocycles. The van der Waals surface area contributed by atoms with Crippen LogP contribution >= 0.6 is 0 Å². The van der Waals surface area contributed by atoms with E-state index in [4.69, 9.17) is 14.1 Å². The van der Waals surface area contributed by atoms with E-state index < -0.39 is 0 Å².